The second-order valence-electron chi connectivity index (χ2n) is 10.5. The number of rotatable bonds is 4. The van der Waals surface area contributed by atoms with Crippen molar-refractivity contribution in [2.45, 2.75) is 20.3 Å². The molecule has 0 bridgehead atoms. The van der Waals surface area contributed by atoms with Gasteiger partial charge in [-0.2, -0.15) is 10.4 Å². The van der Waals surface area contributed by atoms with Crippen LogP contribution < -0.4 is 4.90 Å². The number of piperazine rings is 1. The number of nitrogens with zero attached hydrogens (tertiary/aromatic N) is 6. The fraction of sp³-hybridized carbons (Fsp3) is 0.300. The molecule has 0 saturated carbocycles. The molecule has 8 nitrogen and oxygen atoms in total. The van der Waals surface area contributed by atoms with Gasteiger partial charge in [-0.1, -0.05) is 18.2 Å². The zero-order chi connectivity index (χ0) is 26.3. The van der Waals surface area contributed by atoms with Gasteiger partial charge >= 0.3 is 0 Å². The number of allylic oxidation sites excluding steroid dienone is 4. The van der Waals surface area contributed by atoms with Gasteiger partial charge in [0.2, 0.25) is 0 Å². The lowest BCUT2D eigenvalue weighted by molar-refractivity contribution is 0.0746. The van der Waals surface area contributed by atoms with Gasteiger partial charge in [-0.15, -0.1) is 0 Å². The van der Waals surface area contributed by atoms with Crippen molar-refractivity contribution in [1.29, 1.82) is 5.26 Å². The van der Waals surface area contributed by atoms with Crippen molar-refractivity contribution in [2.24, 2.45) is 11.3 Å². The Labute approximate surface area is 221 Å². The van der Waals surface area contributed by atoms with Crippen molar-refractivity contribution in [3.8, 4) is 6.07 Å². The predicted octanol–water partition coefficient (Wildman–Crippen LogP) is 4.98. The first-order valence-corrected chi connectivity index (χ1v) is 13.0. The number of hydrogen-bond donors (Lipinski definition) is 1. The van der Waals surface area contributed by atoms with Crippen LogP contribution in [-0.4, -0.2) is 57.2 Å². The lowest BCUT2D eigenvalue weighted by atomic mass is 9.75. The first-order chi connectivity index (χ1) is 18.4. The highest BCUT2D eigenvalue weighted by atomic mass is 16.2. The molecule has 1 N–H and O–H groups in total. The molecule has 0 radical (unpaired) electrons. The van der Waals surface area contributed by atoms with Gasteiger partial charge < -0.3 is 9.80 Å². The summed E-state index contributed by atoms with van der Waals surface area (Å²) >= 11 is 0. The number of nitriles is 1. The molecule has 3 aromatic heterocycles. The van der Waals surface area contributed by atoms with Crippen LogP contribution in [0, 0.1) is 22.7 Å². The Morgan fingerprint density at radius 2 is 2.00 bits per heavy atom. The number of benzene rings is 1. The Morgan fingerprint density at radius 1 is 1.16 bits per heavy atom. The average Bonchev–Trinajstić information content (AvgIpc) is 3.42. The topological polar surface area (TPSA) is 102 Å². The van der Waals surface area contributed by atoms with E-state index in [1.54, 1.807) is 18.5 Å². The molecule has 190 valence electrons. The van der Waals surface area contributed by atoms with E-state index in [9.17, 15) is 10.1 Å². The number of amides is 1. The zero-order valence-corrected chi connectivity index (χ0v) is 21.6. The summed E-state index contributed by atoms with van der Waals surface area (Å²) in [6.45, 7) is 6.79. The second-order valence-corrected chi connectivity index (χ2v) is 10.5. The van der Waals surface area contributed by atoms with E-state index >= 15 is 0 Å². The van der Waals surface area contributed by atoms with E-state index < -0.39 is 5.41 Å². The summed E-state index contributed by atoms with van der Waals surface area (Å²) in [5.41, 5.74) is 5.09. The maximum Gasteiger partial charge on any atom is 0.255 e. The number of carbonyl (C=O) groups is 1. The molecule has 1 amide bonds. The van der Waals surface area contributed by atoms with Gasteiger partial charge in [0.05, 0.1) is 34.3 Å². The molecule has 4 heterocycles. The van der Waals surface area contributed by atoms with Gasteiger partial charge in [0.15, 0.2) is 0 Å². The van der Waals surface area contributed by atoms with E-state index in [-0.39, 0.29) is 11.8 Å². The number of hydrogen-bond acceptors (Lipinski definition) is 6. The monoisotopic (exact) mass is 503 g/mol. The van der Waals surface area contributed by atoms with Crippen molar-refractivity contribution in [2.75, 3.05) is 31.1 Å². The Kier molecular flexibility index (Phi) is 5.91. The van der Waals surface area contributed by atoms with E-state index in [4.69, 9.17) is 0 Å². The molecule has 0 spiro atoms. The number of H-pyrrole nitrogens is 1. The average molecular weight is 504 g/mol. The lowest BCUT2D eigenvalue weighted by Crippen LogP contribution is -2.48. The minimum absolute atomic E-state index is 0.0272. The fourth-order valence-corrected chi connectivity index (χ4v) is 5.35. The Bertz CT molecular complexity index is 1620. The minimum Gasteiger partial charge on any atom is -0.368 e. The third kappa shape index (κ3) is 4.20. The molecule has 6 rings (SSSR count). The van der Waals surface area contributed by atoms with Gasteiger partial charge in [-0.3, -0.25) is 19.9 Å². The van der Waals surface area contributed by atoms with Crippen molar-refractivity contribution < 1.29 is 4.79 Å². The Hall–Kier alpha value is -4.51. The molecule has 1 aromatic carbocycles. The maximum atomic E-state index is 12.8. The minimum atomic E-state index is -0.412. The number of aromatic nitrogens is 4. The van der Waals surface area contributed by atoms with Crippen LogP contribution in [-0.2, 0) is 0 Å². The third-order valence-corrected chi connectivity index (χ3v) is 7.81. The molecule has 1 aliphatic carbocycles. The Morgan fingerprint density at radius 3 is 2.71 bits per heavy atom. The Balaban J connectivity index is 1.27. The summed E-state index contributed by atoms with van der Waals surface area (Å²) in [6, 6.07) is 12.4. The van der Waals surface area contributed by atoms with Crippen LogP contribution in [0.3, 0.4) is 0 Å². The summed E-state index contributed by atoms with van der Waals surface area (Å²) in [6.07, 6.45) is 12.4. The van der Waals surface area contributed by atoms with Crippen LogP contribution in [0.1, 0.15) is 36.3 Å². The molecule has 2 aliphatic rings. The second kappa shape index (κ2) is 9.42. The highest BCUT2D eigenvalue weighted by molar-refractivity contribution is 6.10. The lowest BCUT2D eigenvalue weighted by Gasteiger charge is -2.36. The van der Waals surface area contributed by atoms with Crippen molar-refractivity contribution in [3.05, 3.63) is 78.4 Å². The van der Waals surface area contributed by atoms with E-state index in [2.05, 4.69) is 67.6 Å². The maximum absolute atomic E-state index is 12.8. The normalized spacial score (nSPS) is 18.0. The van der Waals surface area contributed by atoms with E-state index in [1.165, 1.54) is 0 Å². The fourth-order valence-electron chi connectivity index (χ4n) is 5.35. The summed E-state index contributed by atoms with van der Waals surface area (Å²) in [7, 11) is 0. The molecule has 1 saturated heterocycles. The molecule has 1 aliphatic heterocycles. The van der Waals surface area contributed by atoms with Gasteiger partial charge in [-0.25, -0.2) is 0 Å². The number of carbonyl (C=O) groups excluding carboxylic acids is 1. The van der Waals surface area contributed by atoms with Crippen molar-refractivity contribution in [3.63, 3.8) is 0 Å². The van der Waals surface area contributed by atoms with E-state index in [1.807, 2.05) is 31.0 Å². The van der Waals surface area contributed by atoms with Gasteiger partial charge in [-0.05, 0) is 62.1 Å². The summed E-state index contributed by atoms with van der Waals surface area (Å²) in [5, 5.41) is 19.5. The van der Waals surface area contributed by atoms with Crippen molar-refractivity contribution >= 4 is 39.0 Å². The summed E-state index contributed by atoms with van der Waals surface area (Å²) in [5.74, 6) is 0.203. The number of pyridine rings is 2. The molecule has 1 fully saturated rings. The SMILES string of the molecule is CC(C)(C#N)C1C=CC(c2n[nH]c3cnc4ccc(N5CCN(C(=O)c6cccnc6)CC5)cc4c23)=CC1. The first-order valence-electron chi connectivity index (χ1n) is 13.0. The van der Waals surface area contributed by atoms with Gasteiger partial charge in [0, 0.05) is 55.0 Å². The van der Waals surface area contributed by atoms with Gasteiger partial charge in [0.1, 0.15) is 5.69 Å². The highest BCUT2D eigenvalue weighted by Crippen LogP contribution is 2.38. The number of anilines is 1. The zero-order valence-electron chi connectivity index (χ0n) is 21.6. The smallest absolute Gasteiger partial charge is 0.255 e. The van der Waals surface area contributed by atoms with Crippen molar-refractivity contribution in [1.82, 2.24) is 25.1 Å². The van der Waals surface area contributed by atoms with E-state index in [0.29, 0.717) is 18.7 Å². The van der Waals surface area contributed by atoms with Crippen LogP contribution in [0.4, 0.5) is 5.69 Å². The van der Waals surface area contributed by atoms with E-state index in [0.717, 1.165) is 58.3 Å². The molecule has 1 atom stereocenters. The quantitative estimate of drug-likeness (QED) is 0.422. The number of fused-ring (bicyclic) bond motifs is 3. The van der Waals surface area contributed by atoms with Crippen LogP contribution in [0.15, 0.2) is 67.2 Å². The molecular formula is C30H29N7O. The molecular weight excluding hydrogens is 474 g/mol. The number of aromatic amines is 1. The summed E-state index contributed by atoms with van der Waals surface area (Å²) < 4.78 is 0. The summed E-state index contributed by atoms with van der Waals surface area (Å²) in [4.78, 5) is 25.8. The molecule has 4 aromatic rings. The number of nitrogens with one attached hydrogen (secondary N) is 1. The molecule has 38 heavy (non-hydrogen) atoms. The first kappa shape index (κ1) is 23.9. The van der Waals surface area contributed by atoms with Crippen LogP contribution >= 0.6 is 0 Å². The highest BCUT2D eigenvalue weighted by Gasteiger charge is 2.29. The van der Waals surface area contributed by atoms with Gasteiger partial charge in [0.25, 0.3) is 5.91 Å². The van der Waals surface area contributed by atoms with Crippen LogP contribution in [0.5, 0.6) is 0 Å². The standard InChI is InChI=1S/C30H29N7O/c1-30(2,19-31)22-7-5-20(6-8-22)28-27-24-16-23(9-10-25(24)33-18-26(27)34-35-28)36-12-14-37(15-13-36)29(38)21-4-3-11-32-17-21/h3-7,9-11,16-18,22H,8,12-15H2,1-2H3,(H,34,35). The largest absolute Gasteiger partial charge is 0.368 e. The molecule has 8 heteroatoms. The molecule has 1 unspecified atom stereocenters. The van der Waals surface area contributed by atoms with Crippen LogP contribution in [0.25, 0.3) is 27.4 Å². The van der Waals surface area contributed by atoms with Crippen LogP contribution in [0.2, 0.25) is 0 Å². The third-order valence-electron chi connectivity index (χ3n) is 7.81. The predicted molar refractivity (Wildman–Crippen MR) is 148 cm³/mol.